The summed E-state index contributed by atoms with van der Waals surface area (Å²) in [7, 11) is 0. The number of anilines is 1. The van der Waals surface area contributed by atoms with Crippen LogP contribution in [0.3, 0.4) is 0 Å². The fraction of sp³-hybridized carbons (Fsp3) is 0.308. The van der Waals surface area contributed by atoms with E-state index in [0.29, 0.717) is 17.5 Å². The molecule has 0 spiro atoms. The van der Waals surface area contributed by atoms with E-state index < -0.39 is 0 Å². The minimum Gasteiger partial charge on any atom is -0.374 e. The number of hydrogen-bond acceptors (Lipinski definition) is 7. The molecule has 0 saturated heterocycles. The molecule has 0 radical (unpaired) electrons. The summed E-state index contributed by atoms with van der Waals surface area (Å²) in [5.74, 6) is 2.98. The Morgan fingerprint density at radius 2 is 2.19 bits per heavy atom. The lowest BCUT2D eigenvalue weighted by atomic mass is 10.4. The molecule has 0 amide bonds. The van der Waals surface area contributed by atoms with Gasteiger partial charge in [0, 0.05) is 12.1 Å². The van der Waals surface area contributed by atoms with Gasteiger partial charge in [0.05, 0.1) is 6.42 Å². The Hall–Kier alpha value is -2.35. The van der Waals surface area contributed by atoms with Crippen LogP contribution in [0.15, 0.2) is 24.4 Å². The summed E-state index contributed by atoms with van der Waals surface area (Å²) in [6.45, 7) is 0. The number of nitrogen functional groups attached to an aromatic ring is 1. The third kappa shape index (κ3) is 2.49. The van der Waals surface area contributed by atoms with Gasteiger partial charge in [-0.25, -0.2) is 9.97 Å². The highest BCUT2D eigenvalue weighted by Gasteiger charge is 2.29. The predicted octanol–water partition coefficient (Wildman–Crippen LogP) is 1.56. The Kier molecular flexibility index (Phi) is 2.88. The van der Waals surface area contributed by atoms with E-state index in [1.54, 1.807) is 10.9 Å². The Morgan fingerprint density at radius 3 is 2.86 bits per heavy atom. The van der Waals surface area contributed by atoms with Crippen molar-refractivity contribution in [3.05, 3.63) is 41.1 Å². The number of nitrogens with two attached hydrogens (primary N) is 1. The third-order valence-electron chi connectivity index (χ3n) is 3.29. The second-order valence-corrected chi connectivity index (χ2v) is 6.06. The molecule has 3 heterocycles. The zero-order chi connectivity index (χ0) is 14.2. The molecule has 7 nitrogen and oxygen atoms in total. The number of nitrogens with zero attached hydrogens (tertiary/aromatic N) is 6. The lowest BCUT2D eigenvalue weighted by molar-refractivity contribution is 0.771. The van der Waals surface area contributed by atoms with Gasteiger partial charge in [0.15, 0.2) is 11.6 Å². The predicted molar refractivity (Wildman–Crippen MR) is 78.3 cm³/mol. The second kappa shape index (κ2) is 4.88. The lowest BCUT2D eigenvalue weighted by Gasteiger charge is -2.02. The third-order valence-corrected chi connectivity index (χ3v) is 4.04. The van der Waals surface area contributed by atoms with Crippen LogP contribution in [0.1, 0.15) is 35.4 Å². The molecule has 1 aliphatic rings. The van der Waals surface area contributed by atoms with E-state index >= 15 is 0 Å². The van der Waals surface area contributed by atoms with E-state index in [0.717, 1.165) is 35.3 Å². The van der Waals surface area contributed by atoms with Crippen LogP contribution in [0.2, 0.25) is 0 Å². The van der Waals surface area contributed by atoms with Gasteiger partial charge in [0.1, 0.15) is 10.8 Å². The minimum atomic E-state index is 0.469. The molecule has 0 unspecified atom stereocenters. The summed E-state index contributed by atoms with van der Waals surface area (Å²) in [6.07, 6.45) is 4.64. The van der Waals surface area contributed by atoms with Crippen LogP contribution in [-0.4, -0.2) is 29.9 Å². The van der Waals surface area contributed by atoms with E-state index in [4.69, 9.17) is 5.73 Å². The van der Waals surface area contributed by atoms with Gasteiger partial charge in [0.25, 0.3) is 0 Å². The molecule has 0 aliphatic heterocycles. The maximum atomic E-state index is 5.63. The van der Waals surface area contributed by atoms with Crippen molar-refractivity contribution in [2.45, 2.75) is 25.2 Å². The first-order valence-corrected chi connectivity index (χ1v) is 7.56. The van der Waals surface area contributed by atoms with Crippen LogP contribution < -0.4 is 5.73 Å². The second-order valence-electron chi connectivity index (χ2n) is 4.97. The van der Waals surface area contributed by atoms with Crippen LogP contribution in [0.25, 0.3) is 5.82 Å². The van der Waals surface area contributed by atoms with Crippen molar-refractivity contribution >= 4 is 16.5 Å². The summed E-state index contributed by atoms with van der Waals surface area (Å²) in [4.78, 5) is 9.02. The Morgan fingerprint density at radius 1 is 1.29 bits per heavy atom. The van der Waals surface area contributed by atoms with Crippen LogP contribution in [0.5, 0.6) is 0 Å². The molecule has 2 N–H and O–H groups in total. The van der Waals surface area contributed by atoms with Gasteiger partial charge in [-0.15, -0.1) is 15.3 Å². The van der Waals surface area contributed by atoms with Gasteiger partial charge >= 0.3 is 0 Å². The highest BCUT2D eigenvalue weighted by Crippen LogP contribution is 2.38. The zero-order valence-corrected chi connectivity index (χ0v) is 12.0. The molecule has 1 saturated carbocycles. The van der Waals surface area contributed by atoms with Gasteiger partial charge < -0.3 is 5.73 Å². The number of aromatic nitrogens is 6. The van der Waals surface area contributed by atoms with Crippen molar-refractivity contribution in [3.63, 3.8) is 0 Å². The summed E-state index contributed by atoms with van der Waals surface area (Å²) < 4.78 is 1.80. The van der Waals surface area contributed by atoms with E-state index in [-0.39, 0.29) is 0 Å². The normalized spacial score (nSPS) is 14.5. The topological polar surface area (TPSA) is 95.4 Å². The summed E-state index contributed by atoms with van der Waals surface area (Å²) >= 11 is 1.37. The van der Waals surface area contributed by atoms with E-state index in [1.165, 1.54) is 11.3 Å². The Balaban J connectivity index is 1.73. The first-order chi connectivity index (χ1) is 10.3. The molecular formula is C13H13N7S. The molecule has 0 aromatic carbocycles. The summed E-state index contributed by atoms with van der Waals surface area (Å²) in [5, 5.41) is 13.8. The van der Waals surface area contributed by atoms with Crippen molar-refractivity contribution < 1.29 is 0 Å². The van der Waals surface area contributed by atoms with Crippen molar-refractivity contribution in [2.75, 3.05) is 5.73 Å². The maximum absolute atomic E-state index is 5.63. The lowest BCUT2D eigenvalue weighted by Crippen LogP contribution is -2.05. The average molecular weight is 299 g/mol. The molecule has 1 fully saturated rings. The summed E-state index contributed by atoms with van der Waals surface area (Å²) in [5.41, 5.74) is 5.63. The number of hydrogen-bond donors (Lipinski definition) is 1. The molecule has 4 rings (SSSR count). The SMILES string of the molecule is Nc1nnc(Cc2nc(C3CC3)nn2-c2ccccn2)s1. The fourth-order valence-corrected chi connectivity index (χ4v) is 2.73. The molecule has 3 aromatic rings. The van der Waals surface area contributed by atoms with Crippen LogP contribution in [0.4, 0.5) is 5.13 Å². The Bertz CT molecular complexity index is 760. The van der Waals surface area contributed by atoms with Crippen LogP contribution in [-0.2, 0) is 6.42 Å². The van der Waals surface area contributed by atoms with Crippen LogP contribution in [0, 0.1) is 0 Å². The van der Waals surface area contributed by atoms with Gasteiger partial charge in [0.2, 0.25) is 5.13 Å². The molecular weight excluding hydrogens is 286 g/mol. The highest BCUT2D eigenvalue weighted by atomic mass is 32.1. The largest absolute Gasteiger partial charge is 0.374 e. The quantitative estimate of drug-likeness (QED) is 0.785. The first-order valence-electron chi connectivity index (χ1n) is 6.74. The van der Waals surface area contributed by atoms with E-state index in [2.05, 4.69) is 25.3 Å². The smallest absolute Gasteiger partial charge is 0.203 e. The number of pyridine rings is 1. The van der Waals surface area contributed by atoms with Crippen molar-refractivity contribution in [1.29, 1.82) is 0 Å². The molecule has 106 valence electrons. The molecule has 0 atom stereocenters. The fourth-order valence-electron chi connectivity index (χ4n) is 2.13. The first kappa shape index (κ1) is 12.4. The standard InChI is InChI=1S/C13H13N7S/c14-13-18-17-11(21-13)7-10-16-12(8-4-5-8)19-20(10)9-3-1-2-6-15-9/h1-3,6,8H,4-5,7H2,(H2,14,18). The van der Waals surface area contributed by atoms with Gasteiger partial charge in [-0.05, 0) is 25.0 Å². The van der Waals surface area contributed by atoms with Crippen molar-refractivity contribution in [1.82, 2.24) is 29.9 Å². The maximum Gasteiger partial charge on any atom is 0.203 e. The summed E-state index contributed by atoms with van der Waals surface area (Å²) in [6, 6.07) is 5.74. The van der Waals surface area contributed by atoms with Gasteiger partial charge in [-0.1, -0.05) is 17.4 Å². The molecule has 8 heteroatoms. The molecule has 3 aromatic heterocycles. The van der Waals surface area contributed by atoms with Gasteiger partial charge in [-0.3, -0.25) is 0 Å². The highest BCUT2D eigenvalue weighted by molar-refractivity contribution is 7.15. The minimum absolute atomic E-state index is 0.469. The molecule has 21 heavy (non-hydrogen) atoms. The number of rotatable bonds is 4. The molecule has 1 aliphatic carbocycles. The molecule has 0 bridgehead atoms. The average Bonchev–Trinajstić information content (AvgIpc) is 3.15. The monoisotopic (exact) mass is 299 g/mol. The van der Waals surface area contributed by atoms with Gasteiger partial charge in [-0.2, -0.15) is 4.68 Å². The van der Waals surface area contributed by atoms with Crippen molar-refractivity contribution in [2.24, 2.45) is 0 Å². The Labute approximate surface area is 124 Å². The zero-order valence-electron chi connectivity index (χ0n) is 11.2. The van der Waals surface area contributed by atoms with Crippen molar-refractivity contribution in [3.8, 4) is 5.82 Å². The van der Waals surface area contributed by atoms with E-state index in [1.807, 2.05) is 18.2 Å². The van der Waals surface area contributed by atoms with E-state index in [9.17, 15) is 0 Å². The van der Waals surface area contributed by atoms with Crippen LogP contribution >= 0.6 is 11.3 Å².